The average Bonchev–Trinajstić information content (AvgIpc) is 2.80. The minimum absolute atomic E-state index is 0.316. The Morgan fingerprint density at radius 2 is 2.12 bits per heavy atom. The van der Waals surface area contributed by atoms with Crippen molar-refractivity contribution in [3.05, 3.63) is 54.4 Å². The van der Waals surface area contributed by atoms with E-state index in [1.165, 1.54) is 12.1 Å². The highest BCUT2D eigenvalue weighted by atomic mass is 19.1. The summed E-state index contributed by atoms with van der Waals surface area (Å²) in [7, 11) is 0. The summed E-state index contributed by atoms with van der Waals surface area (Å²) in [5, 5.41) is 12.1. The van der Waals surface area contributed by atoms with Gasteiger partial charge in [-0.25, -0.2) is 9.37 Å². The molecule has 16 heavy (non-hydrogen) atoms. The van der Waals surface area contributed by atoms with Crippen LogP contribution < -0.4 is 0 Å². The molecule has 0 spiro atoms. The summed E-state index contributed by atoms with van der Waals surface area (Å²) >= 11 is 0. The van der Waals surface area contributed by atoms with Gasteiger partial charge in [-0.3, -0.25) is 0 Å². The van der Waals surface area contributed by atoms with Crippen LogP contribution in [0.3, 0.4) is 0 Å². The van der Waals surface area contributed by atoms with Crippen molar-refractivity contribution < 1.29 is 9.60 Å². The largest absolute Gasteiger partial charge is 0.411 e. The lowest BCUT2D eigenvalue weighted by atomic mass is 10.1. The Balaban J connectivity index is 2.20. The molecule has 1 N–H and O–H groups in total. The smallest absolute Gasteiger partial charge is 0.123 e. The van der Waals surface area contributed by atoms with E-state index in [0.717, 1.165) is 0 Å². The van der Waals surface area contributed by atoms with Gasteiger partial charge in [-0.1, -0.05) is 17.3 Å². The van der Waals surface area contributed by atoms with Crippen LogP contribution in [-0.2, 0) is 6.54 Å². The van der Waals surface area contributed by atoms with E-state index in [1.807, 2.05) is 0 Å². The standard InChI is InChI=1S/C11H10FN3O/c12-10-3-1-9(2-4-10)11(14-16)7-15-6-5-13-8-15/h1-6,8,16H,7H2/b14-11-. The zero-order valence-electron chi connectivity index (χ0n) is 8.42. The van der Waals surface area contributed by atoms with Gasteiger partial charge in [-0.05, 0) is 12.1 Å². The minimum Gasteiger partial charge on any atom is -0.411 e. The second-order valence-electron chi connectivity index (χ2n) is 3.29. The fourth-order valence-electron chi connectivity index (χ4n) is 1.38. The Bertz CT molecular complexity index is 476. The molecule has 0 amide bonds. The highest BCUT2D eigenvalue weighted by Gasteiger charge is 2.05. The van der Waals surface area contributed by atoms with Gasteiger partial charge < -0.3 is 9.77 Å². The number of rotatable bonds is 3. The minimum atomic E-state index is -0.316. The molecule has 0 bridgehead atoms. The van der Waals surface area contributed by atoms with Crippen LogP contribution in [0, 0.1) is 5.82 Å². The zero-order chi connectivity index (χ0) is 11.4. The molecule has 2 rings (SSSR count). The van der Waals surface area contributed by atoms with Crippen molar-refractivity contribution in [1.29, 1.82) is 0 Å². The number of oxime groups is 1. The molecule has 82 valence electrons. The monoisotopic (exact) mass is 219 g/mol. The average molecular weight is 219 g/mol. The van der Waals surface area contributed by atoms with Crippen LogP contribution in [0.4, 0.5) is 4.39 Å². The maximum atomic E-state index is 12.7. The van der Waals surface area contributed by atoms with Crippen LogP contribution in [0.15, 0.2) is 48.1 Å². The molecule has 0 saturated carbocycles. The third-order valence-electron chi connectivity index (χ3n) is 2.19. The van der Waals surface area contributed by atoms with E-state index in [0.29, 0.717) is 17.8 Å². The molecule has 0 saturated heterocycles. The van der Waals surface area contributed by atoms with Crippen molar-refractivity contribution in [2.24, 2.45) is 5.16 Å². The van der Waals surface area contributed by atoms with E-state index in [1.54, 1.807) is 35.4 Å². The van der Waals surface area contributed by atoms with Crippen molar-refractivity contribution in [1.82, 2.24) is 9.55 Å². The Morgan fingerprint density at radius 1 is 1.38 bits per heavy atom. The number of halogens is 1. The molecule has 0 aliphatic heterocycles. The summed E-state index contributed by atoms with van der Waals surface area (Å²) < 4.78 is 14.5. The molecule has 0 aliphatic carbocycles. The second kappa shape index (κ2) is 4.57. The summed E-state index contributed by atoms with van der Waals surface area (Å²) in [6, 6.07) is 5.80. The van der Waals surface area contributed by atoms with Gasteiger partial charge in [0.2, 0.25) is 0 Å². The molecule has 5 heteroatoms. The lowest BCUT2D eigenvalue weighted by Crippen LogP contribution is -2.10. The quantitative estimate of drug-likeness (QED) is 0.487. The predicted octanol–water partition coefficient (Wildman–Crippen LogP) is 1.90. The van der Waals surface area contributed by atoms with Crippen molar-refractivity contribution in [2.45, 2.75) is 6.54 Å². The summed E-state index contributed by atoms with van der Waals surface area (Å²) in [5.41, 5.74) is 1.13. The maximum Gasteiger partial charge on any atom is 0.123 e. The lowest BCUT2D eigenvalue weighted by Gasteiger charge is -2.05. The number of benzene rings is 1. The number of imidazole rings is 1. The summed E-state index contributed by atoms with van der Waals surface area (Å²) in [5.74, 6) is -0.316. The van der Waals surface area contributed by atoms with Gasteiger partial charge in [-0.2, -0.15) is 0 Å². The van der Waals surface area contributed by atoms with Gasteiger partial charge in [0.1, 0.15) is 11.5 Å². The van der Waals surface area contributed by atoms with Crippen LogP contribution in [0.2, 0.25) is 0 Å². The molecule has 0 unspecified atom stereocenters. The molecule has 4 nitrogen and oxygen atoms in total. The molecule has 2 aromatic rings. The van der Waals surface area contributed by atoms with Crippen LogP contribution >= 0.6 is 0 Å². The van der Waals surface area contributed by atoms with Gasteiger partial charge in [-0.15, -0.1) is 0 Å². The predicted molar refractivity (Wildman–Crippen MR) is 57.0 cm³/mol. The normalized spacial score (nSPS) is 11.7. The van der Waals surface area contributed by atoms with Crippen LogP contribution in [0.1, 0.15) is 5.56 Å². The first-order chi connectivity index (χ1) is 7.79. The molecule has 1 aromatic carbocycles. The molecule has 0 fully saturated rings. The number of aromatic nitrogens is 2. The van der Waals surface area contributed by atoms with Crippen molar-refractivity contribution in [3.63, 3.8) is 0 Å². The summed E-state index contributed by atoms with van der Waals surface area (Å²) in [6.45, 7) is 0.391. The van der Waals surface area contributed by atoms with Crippen LogP contribution in [-0.4, -0.2) is 20.5 Å². The Kier molecular flexibility index (Phi) is 2.95. The highest BCUT2D eigenvalue weighted by Crippen LogP contribution is 2.06. The summed E-state index contributed by atoms with van der Waals surface area (Å²) in [6.07, 6.45) is 5.02. The van der Waals surface area contributed by atoms with Gasteiger partial charge in [0.15, 0.2) is 0 Å². The fraction of sp³-hybridized carbons (Fsp3) is 0.0909. The van der Waals surface area contributed by atoms with Gasteiger partial charge >= 0.3 is 0 Å². The summed E-state index contributed by atoms with van der Waals surface area (Å²) in [4.78, 5) is 3.88. The Hall–Kier alpha value is -2.17. The lowest BCUT2D eigenvalue weighted by molar-refractivity contribution is 0.317. The van der Waals surface area contributed by atoms with E-state index in [4.69, 9.17) is 5.21 Å². The van der Waals surface area contributed by atoms with Crippen LogP contribution in [0.25, 0.3) is 0 Å². The first-order valence-electron chi connectivity index (χ1n) is 4.72. The molecule has 0 radical (unpaired) electrons. The molecule has 1 heterocycles. The van der Waals surface area contributed by atoms with Gasteiger partial charge in [0.25, 0.3) is 0 Å². The number of hydrogen-bond donors (Lipinski definition) is 1. The van der Waals surface area contributed by atoms with E-state index in [2.05, 4.69) is 10.1 Å². The van der Waals surface area contributed by atoms with Crippen molar-refractivity contribution in [3.8, 4) is 0 Å². The molecular formula is C11H10FN3O. The van der Waals surface area contributed by atoms with Crippen molar-refractivity contribution in [2.75, 3.05) is 0 Å². The molecule has 1 aromatic heterocycles. The Morgan fingerprint density at radius 3 is 2.69 bits per heavy atom. The zero-order valence-corrected chi connectivity index (χ0v) is 8.42. The molecular weight excluding hydrogens is 209 g/mol. The van der Waals surface area contributed by atoms with E-state index in [-0.39, 0.29) is 5.82 Å². The van der Waals surface area contributed by atoms with Gasteiger partial charge in [0, 0.05) is 18.0 Å². The van der Waals surface area contributed by atoms with Crippen molar-refractivity contribution >= 4 is 5.71 Å². The molecule has 0 atom stereocenters. The first kappa shape index (κ1) is 10.4. The third kappa shape index (κ3) is 2.25. The third-order valence-corrected chi connectivity index (χ3v) is 2.19. The maximum absolute atomic E-state index is 12.7. The van der Waals surface area contributed by atoms with E-state index >= 15 is 0 Å². The number of hydrogen-bond acceptors (Lipinski definition) is 3. The molecule has 0 aliphatic rings. The van der Waals surface area contributed by atoms with E-state index < -0.39 is 0 Å². The second-order valence-corrected chi connectivity index (χ2v) is 3.29. The van der Waals surface area contributed by atoms with E-state index in [9.17, 15) is 4.39 Å². The number of nitrogens with zero attached hydrogens (tertiary/aromatic N) is 3. The van der Waals surface area contributed by atoms with Gasteiger partial charge in [0.05, 0.1) is 12.9 Å². The Labute approximate surface area is 91.7 Å². The SMILES string of the molecule is O/N=C(/Cn1ccnc1)c1ccc(F)cc1. The fourth-order valence-corrected chi connectivity index (χ4v) is 1.38. The highest BCUT2D eigenvalue weighted by molar-refractivity contribution is 5.99. The topological polar surface area (TPSA) is 50.4 Å². The van der Waals surface area contributed by atoms with Crippen LogP contribution in [0.5, 0.6) is 0 Å². The first-order valence-corrected chi connectivity index (χ1v) is 4.72.